The van der Waals surface area contributed by atoms with Gasteiger partial charge >= 0.3 is 0 Å². The zero-order chi connectivity index (χ0) is 23.3. The molecule has 8 nitrogen and oxygen atoms in total. The standard InChI is InChI=1S/C21H24Cl2N4O4S/c1-15(28)24-20-8-7-16(13-18(20)23)32(30,31)27-10-4-9-26(11-12-27)14-21(29)25-19-6-3-2-5-17(19)22/h2-3,5-8,13H,4,9-12,14H2,1H3,(H,24,28)(H,25,29). The summed E-state index contributed by atoms with van der Waals surface area (Å²) in [6, 6.07) is 11.2. The van der Waals surface area contributed by atoms with Crippen LogP contribution in [0.1, 0.15) is 13.3 Å². The summed E-state index contributed by atoms with van der Waals surface area (Å²) in [4.78, 5) is 25.6. The molecular formula is C21H24Cl2N4O4S. The van der Waals surface area contributed by atoms with Crippen LogP contribution in [0.25, 0.3) is 0 Å². The largest absolute Gasteiger partial charge is 0.325 e. The lowest BCUT2D eigenvalue weighted by Crippen LogP contribution is -2.38. The summed E-state index contributed by atoms with van der Waals surface area (Å²) >= 11 is 12.2. The second-order valence-electron chi connectivity index (χ2n) is 7.38. The number of nitrogens with one attached hydrogen (secondary N) is 2. The molecule has 2 N–H and O–H groups in total. The van der Waals surface area contributed by atoms with Crippen molar-refractivity contribution in [2.75, 3.05) is 43.4 Å². The highest BCUT2D eigenvalue weighted by atomic mass is 35.5. The maximum Gasteiger partial charge on any atom is 0.243 e. The minimum absolute atomic E-state index is 0.0570. The molecule has 172 valence electrons. The molecule has 0 radical (unpaired) electrons. The van der Waals surface area contributed by atoms with Crippen LogP contribution in [0.3, 0.4) is 0 Å². The Balaban J connectivity index is 1.62. The van der Waals surface area contributed by atoms with Gasteiger partial charge in [-0.05, 0) is 43.3 Å². The molecule has 1 heterocycles. The van der Waals surface area contributed by atoms with Crippen molar-refractivity contribution in [3.63, 3.8) is 0 Å². The van der Waals surface area contributed by atoms with Crippen molar-refractivity contribution in [2.45, 2.75) is 18.2 Å². The third kappa shape index (κ3) is 6.20. The first-order valence-electron chi connectivity index (χ1n) is 10.0. The van der Waals surface area contributed by atoms with Crippen molar-refractivity contribution in [1.82, 2.24) is 9.21 Å². The zero-order valence-corrected chi connectivity index (χ0v) is 19.8. The molecule has 1 aliphatic rings. The molecule has 0 unspecified atom stereocenters. The third-order valence-electron chi connectivity index (χ3n) is 4.95. The third-order valence-corrected chi connectivity index (χ3v) is 7.49. The van der Waals surface area contributed by atoms with Gasteiger partial charge in [-0.25, -0.2) is 8.42 Å². The van der Waals surface area contributed by atoms with E-state index in [4.69, 9.17) is 23.2 Å². The first-order chi connectivity index (χ1) is 15.2. The monoisotopic (exact) mass is 498 g/mol. The molecule has 2 aromatic rings. The summed E-state index contributed by atoms with van der Waals surface area (Å²) in [6.45, 7) is 3.05. The second-order valence-corrected chi connectivity index (χ2v) is 10.1. The van der Waals surface area contributed by atoms with E-state index in [-0.39, 0.29) is 34.8 Å². The molecule has 0 aromatic heterocycles. The molecule has 1 aliphatic heterocycles. The summed E-state index contributed by atoms with van der Waals surface area (Å²) in [6.07, 6.45) is 0.580. The SMILES string of the molecule is CC(=O)Nc1ccc(S(=O)(=O)N2CCCN(CC(=O)Nc3ccccc3Cl)CC2)cc1Cl. The molecule has 0 aliphatic carbocycles. The van der Waals surface area contributed by atoms with Gasteiger partial charge in [0.25, 0.3) is 0 Å². The number of nitrogens with zero attached hydrogens (tertiary/aromatic N) is 2. The molecule has 0 spiro atoms. The summed E-state index contributed by atoms with van der Waals surface area (Å²) in [5.74, 6) is -0.511. The minimum Gasteiger partial charge on any atom is -0.325 e. The van der Waals surface area contributed by atoms with Gasteiger partial charge in [0, 0.05) is 26.6 Å². The van der Waals surface area contributed by atoms with E-state index >= 15 is 0 Å². The number of rotatable bonds is 6. The lowest BCUT2D eigenvalue weighted by atomic mass is 10.3. The van der Waals surface area contributed by atoms with Gasteiger partial charge < -0.3 is 10.6 Å². The fourth-order valence-electron chi connectivity index (χ4n) is 3.40. The van der Waals surface area contributed by atoms with Crippen LogP contribution in [0.2, 0.25) is 10.0 Å². The first-order valence-corrected chi connectivity index (χ1v) is 12.2. The van der Waals surface area contributed by atoms with Crippen LogP contribution in [0.5, 0.6) is 0 Å². The van der Waals surface area contributed by atoms with E-state index in [1.165, 1.54) is 29.4 Å². The number of sulfonamides is 1. The number of hydrogen-bond acceptors (Lipinski definition) is 5. The summed E-state index contributed by atoms with van der Waals surface area (Å²) < 4.78 is 27.6. The lowest BCUT2D eigenvalue weighted by molar-refractivity contribution is -0.117. The summed E-state index contributed by atoms with van der Waals surface area (Å²) in [5, 5.41) is 5.94. The van der Waals surface area contributed by atoms with Gasteiger partial charge in [-0.1, -0.05) is 35.3 Å². The highest BCUT2D eigenvalue weighted by molar-refractivity contribution is 7.89. The number of hydrogen-bond donors (Lipinski definition) is 2. The van der Waals surface area contributed by atoms with E-state index in [0.29, 0.717) is 42.5 Å². The van der Waals surface area contributed by atoms with Crippen molar-refractivity contribution in [2.24, 2.45) is 0 Å². The van der Waals surface area contributed by atoms with Gasteiger partial charge in [0.2, 0.25) is 21.8 Å². The van der Waals surface area contributed by atoms with Gasteiger partial charge in [-0.3, -0.25) is 14.5 Å². The van der Waals surface area contributed by atoms with Crippen LogP contribution in [0.15, 0.2) is 47.4 Å². The Morgan fingerprint density at radius 1 is 0.938 bits per heavy atom. The maximum atomic E-state index is 13.1. The molecule has 2 amide bonds. The molecule has 2 aromatic carbocycles. The van der Waals surface area contributed by atoms with E-state index in [2.05, 4.69) is 10.6 Å². The molecule has 3 rings (SSSR count). The van der Waals surface area contributed by atoms with Crippen molar-refractivity contribution >= 4 is 56.4 Å². The van der Waals surface area contributed by atoms with Gasteiger partial charge in [-0.2, -0.15) is 4.31 Å². The van der Waals surface area contributed by atoms with E-state index < -0.39 is 10.0 Å². The molecule has 1 fully saturated rings. The lowest BCUT2D eigenvalue weighted by Gasteiger charge is -2.22. The van der Waals surface area contributed by atoms with Crippen molar-refractivity contribution in [1.29, 1.82) is 0 Å². The van der Waals surface area contributed by atoms with Crippen LogP contribution < -0.4 is 10.6 Å². The number of para-hydroxylation sites is 1. The van der Waals surface area contributed by atoms with Crippen LogP contribution in [0.4, 0.5) is 11.4 Å². The second kappa shape index (κ2) is 10.6. The average molecular weight is 499 g/mol. The van der Waals surface area contributed by atoms with Gasteiger partial charge in [-0.15, -0.1) is 0 Å². The van der Waals surface area contributed by atoms with Crippen molar-refractivity contribution in [3.8, 4) is 0 Å². The van der Waals surface area contributed by atoms with E-state index in [0.717, 1.165) is 0 Å². The smallest absolute Gasteiger partial charge is 0.243 e. The van der Waals surface area contributed by atoms with Crippen molar-refractivity contribution in [3.05, 3.63) is 52.5 Å². The summed E-state index contributed by atoms with van der Waals surface area (Å²) in [7, 11) is -3.77. The maximum absolute atomic E-state index is 13.1. The number of carbonyl (C=O) groups is 2. The topological polar surface area (TPSA) is 98.8 Å². The molecule has 1 saturated heterocycles. The number of halogens is 2. The Bertz CT molecular complexity index is 1110. The first kappa shape index (κ1) is 24.5. The van der Waals surface area contributed by atoms with Crippen LogP contribution in [-0.4, -0.2) is 62.2 Å². The van der Waals surface area contributed by atoms with E-state index in [1.54, 1.807) is 24.3 Å². The van der Waals surface area contributed by atoms with Gasteiger partial charge in [0.15, 0.2) is 0 Å². The normalized spacial score (nSPS) is 15.7. The Hall–Kier alpha value is -2.17. The predicted octanol–water partition coefficient (Wildman–Crippen LogP) is 3.29. The van der Waals surface area contributed by atoms with Crippen molar-refractivity contribution < 1.29 is 18.0 Å². The van der Waals surface area contributed by atoms with Crippen LogP contribution in [-0.2, 0) is 19.6 Å². The molecule has 32 heavy (non-hydrogen) atoms. The fraction of sp³-hybridized carbons (Fsp3) is 0.333. The molecule has 0 atom stereocenters. The Kier molecular flexibility index (Phi) is 8.13. The van der Waals surface area contributed by atoms with Gasteiger partial charge in [0.05, 0.1) is 32.9 Å². The number of anilines is 2. The molecular weight excluding hydrogens is 475 g/mol. The molecule has 0 bridgehead atoms. The van der Waals surface area contributed by atoms with Crippen LogP contribution in [0, 0.1) is 0 Å². The zero-order valence-electron chi connectivity index (χ0n) is 17.5. The average Bonchev–Trinajstić information content (AvgIpc) is 2.97. The Labute approximate surface area is 197 Å². The van der Waals surface area contributed by atoms with E-state index in [1.807, 2.05) is 4.90 Å². The number of carbonyl (C=O) groups excluding carboxylic acids is 2. The quantitative estimate of drug-likeness (QED) is 0.636. The minimum atomic E-state index is -3.77. The molecule has 11 heteroatoms. The van der Waals surface area contributed by atoms with Crippen LogP contribution >= 0.6 is 23.2 Å². The Morgan fingerprint density at radius 2 is 1.66 bits per heavy atom. The fourth-order valence-corrected chi connectivity index (χ4v) is 5.37. The van der Waals surface area contributed by atoms with E-state index in [9.17, 15) is 18.0 Å². The highest BCUT2D eigenvalue weighted by Gasteiger charge is 2.28. The number of amides is 2. The summed E-state index contributed by atoms with van der Waals surface area (Å²) in [5.41, 5.74) is 0.891. The molecule has 0 saturated carbocycles. The van der Waals surface area contributed by atoms with Gasteiger partial charge in [0.1, 0.15) is 0 Å². The Morgan fingerprint density at radius 3 is 2.34 bits per heavy atom. The predicted molar refractivity (Wildman–Crippen MR) is 126 cm³/mol. The highest BCUT2D eigenvalue weighted by Crippen LogP contribution is 2.27. The number of benzene rings is 2.